The lowest BCUT2D eigenvalue weighted by atomic mass is 9.76. The third-order valence-electron chi connectivity index (χ3n) is 4.45. The van der Waals surface area contributed by atoms with E-state index >= 15 is 0 Å². The van der Waals surface area contributed by atoms with Crippen molar-refractivity contribution in [1.29, 1.82) is 0 Å². The first kappa shape index (κ1) is 20.0. The number of nitrogens with zero attached hydrogens (tertiary/aromatic N) is 1. The molecule has 2 amide bonds. The van der Waals surface area contributed by atoms with Crippen LogP contribution in [0.3, 0.4) is 0 Å². The van der Waals surface area contributed by atoms with Gasteiger partial charge in [0, 0.05) is 6.54 Å². The quantitative estimate of drug-likeness (QED) is 0.517. The van der Waals surface area contributed by atoms with Crippen LogP contribution in [0.1, 0.15) is 25.3 Å². The summed E-state index contributed by atoms with van der Waals surface area (Å²) in [4.78, 5) is 25.7. The molecule has 1 aliphatic heterocycles. The average Bonchev–Trinajstić information content (AvgIpc) is 2.60. The Hall–Kier alpha value is -2.32. The molecule has 26 heavy (non-hydrogen) atoms. The van der Waals surface area contributed by atoms with Crippen molar-refractivity contribution < 1.29 is 24.4 Å². The van der Waals surface area contributed by atoms with Crippen LogP contribution in [0.5, 0.6) is 0 Å². The molecule has 2 rings (SSSR count). The molecule has 1 aromatic rings. The van der Waals surface area contributed by atoms with Gasteiger partial charge in [-0.1, -0.05) is 36.9 Å². The number of alkyl carbamates (subject to hydrolysis) is 1. The number of carbonyl (C=O) groups is 2. The molecule has 7 nitrogen and oxygen atoms in total. The third-order valence-corrected chi connectivity index (χ3v) is 4.45. The Labute approximate surface area is 153 Å². The number of benzene rings is 1. The van der Waals surface area contributed by atoms with Crippen molar-refractivity contribution in [3.8, 4) is 0 Å². The molecule has 1 unspecified atom stereocenters. The first-order chi connectivity index (χ1) is 12.3. The number of hydrogen-bond donors (Lipinski definition) is 3. The molecule has 1 heterocycles. The summed E-state index contributed by atoms with van der Waals surface area (Å²) in [6.45, 7) is 6.11. The Balaban J connectivity index is 1.96. The lowest BCUT2D eigenvalue weighted by Gasteiger charge is -2.39. The van der Waals surface area contributed by atoms with Gasteiger partial charge in [0.1, 0.15) is 5.60 Å². The van der Waals surface area contributed by atoms with Crippen molar-refractivity contribution in [2.24, 2.45) is 0 Å². The number of rotatable bonds is 6. The topological polar surface area (TPSA) is 99.1 Å². The van der Waals surface area contributed by atoms with E-state index in [9.17, 15) is 19.6 Å². The zero-order chi connectivity index (χ0) is 19.2. The highest BCUT2D eigenvalue weighted by atomic mass is 16.6. The number of piperidine rings is 1. The van der Waals surface area contributed by atoms with Gasteiger partial charge in [-0.05, 0) is 37.8 Å². The number of nitrogens with one attached hydrogen (secondary N) is 1. The molecule has 3 N–H and O–H groups in total. The van der Waals surface area contributed by atoms with E-state index in [4.69, 9.17) is 4.74 Å². The summed E-state index contributed by atoms with van der Waals surface area (Å²) in [6.07, 6.45) is 2.08. The molecule has 0 bridgehead atoms. The van der Waals surface area contributed by atoms with Crippen LogP contribution < -0.4 is 5.32 Å². The largest absolute Gasteiger partial charge is 0.475 e. The van der Waals surface area contributed by atoms with Gasteiger partial charge in [0.15, 0.2) is 0 Å². The number of carbonyl (C=O) groups excluding carboxylic acids is 2. The van der Waals surface area contributed by atoms with Crippen molar-refractivity contribution in [3.05, 3.63) is 48.6 Å². The van der Waals surface area contributed by atoms with E-state index in [0.29, 0.717) is 19.4 Å². The van der Waals surface area contributed by atoms with Crippen LogP contribution in [0.15, 0.2) is 43.0 Å². The highest BCUT2D eigenvalue weighted by Crippen LogP contribution is 2.25. The molecule has 1 fully saturated rings. The SMILES string of the molecule is C=CC(=O)N1CCCC(C)(OC(=O)N[C@@H](Cc2ccccc2)B(O)O)C1. The second-order valence-electron chi connectivity index (χ2n) is 6.76. The molecule has 140 valence electrons. The van der Waals surface area contributed by atoms with Gasteiger partial charge in [-0.25, -0.2) is 4.79 Å². The Kier molecular flexibility index (Phi) is 6.82. The first-order valence-corrected chi connectivity index (χ1v) is 8.64. The molecule has 0 radical (unpaired) electrons. The Morgan fingerprint density at radius 3 is 2.73 bits per heavy atom. The van der Waals surface area contributed by atoms with E-state index in [2.05, 4.69) is 11.9 Å². The molecule has 1 saturated heterocycles. The van der Waals surface area contributed by atoms with Crippen molar-refractivity contribution in [1.82, 2.24) is 10.2 Å². The highest BCUT2D eigenvalue weighted by molar-refractivity contribution is 6.43. The molecule has 8 heteroatoms. The van der Waals surface area contributed by atoms with E-state index < -0.39 is 24.8 Å². The van der Waals surface area contributed by atoms with Crippen molar-refractivity contribution in [2.75, 3.05) is 13.1 Å². The molecule has 0 aliphatic carbocycles. The van der Waals surface area contributed by atoms with Crippen LogP contribution >= 0.6 is 0 Å². The number of ether oxygens (including phenoxy) is 1. The molecular formula is C18H25BN2O5. The zero-order valence-corrected chi connectivity index (χ0v) is 14.9. The van der Waals surface area contributed by atoms with E-state index in [0.717, 1.165) is 5.56 Å². The van der Waals surface area contributed by atoms with Gasteiger partial charge in [-0.15, -0.1) is 0 Å². The summed E-state index contributed by atoms with van der Waals surface area (Å²) in [7, 11) is -1.72. The second kappa shape index (κ2) is 8.87. The maximum absolute atomic E-state index is 12.3. The maximum atomic E-state index is 12.3. The van der Waals surface area contributed by atoms with Crippen molar-refractivity contribution >= 4 is 19.1 Å². The maximum Gasteiger partial charge on any atom is 0.475 e. The van der Waals surface area contributed by atoms with Crippen molar-refractivity contribution in [3.63, 3.8) is 0 Å². The monoisotopic (exact) mass is 360 g/mol. The fraction of sp³-hybridized carbons (Fsp3) is 0.444. The zero-order valence-electron chi connectivity index (χ0n) is 14.9. The summed E-state index contributed by atoms with van der Waals surface area (Å²) >= 11 is 0. The molecular weight excluding hydrogens is 335 g/mol. The second-order valence-corrected chi connectivity index (χ2v) is 6.76. The lowest BCUT2D eigenvalue weighted by molar-refractivity contribution is -0.132. The third kappa shape index (κ3) is 5.61. The summed E-state index contributed by atoms with van der Waals surface area (Å²) in [6, 6.07) is 9.20. The van der Waals surface area contributed by atoms with E-state index in [1.807, 2.05) is 30.3 Å². The fourth-order valence-electron chi connectivity index (χ4n) is 3.11. The fourth-order valence-corrected chi connectivity index (χ4v) is 3.11. The van der Waals surface area contributed by atoms with Gasteiger partial charge in [-0.3, -0.25) is 4.79 Å². The van der Waals surface area contributed by atoms with Crippen LogP contribution in [0.25, 0.3) is 0 Å². The predicted molar refractivity (Wildman–Crippen MR) is 98.2 cm³/mol. The van der Waals surface area contributed by atoms with E-state index in [-0.39, 0.29) is 18.9 Å². The van der Waals surface area contributed by atoms with Crippen molar-refractivity contribution in [2.45, 2.75) is 37.7 Å². The summed E-state index contributed by atoms with van der Waals surface area (Å²) in [5.74, 6) is -1.10. The average molecular weight is 360 g/mol. The van der Waals surface area contributed by atoms with Gasteiger partial charge in [-0.2, -0.15) is 0 Å². The normalized spacial score (nSPS) is 20.8. The summed E-state index contributed by atoms with van der Waals surface area (Å²) in [5, 5.41) is 21.6. The van der Waals surface area contributed by atoms with Gasteiger partial charge in [0.2, 0.25) is 5.91 Å². The molecule has 0 spiro atoms. The molecule has 1 aromatic carbocycles. The van der Waals surface area contributed by atoms with Crippen LogP contribution in [0, 0.1) is 0 Å². The number of amides is 2. The first-order valence-electron chi connectivity index (χ1n) is 8.64. The van der Waals surface area contributed by atoms with Gasteiger partial charge in [0.05, 0.1) is 12.5 Å². The van der Waals surface area contributed by atoms with Gasteiger partial charge < -0.3 is 25.0 Å². The minimum Gasteiger partial charge on any atom is -0.441 e. The van der Waals surface area contributed by atoms with E-state index in [1.165, 1.54) is 6.08 Å². The van der Waals surface area contributed by atoms with Gasteiger partial charge in [0.25, 0.3) is 0 Å². The highest BCUT2D eigenvalue weighted by Gasteiger charge is 2.37. The van der Waals surface area contributed by atoms with Crippen LogP contribution in [0.4, 0.5) is 4.79 Å². The van der Waals surface area contributed by atoms with E-state index in [1.54, 1.807) is 11.8 Å². The summed E-state index contributed by atoms with van der Waals surface area (Å²) in [5.41, 5.74) is 0.0242. The number of likely N-dealkylation sites (tertiary alicyclic amines) is 1. The van der Waals surface area contributed by atoms with Crippen LogP contribution in [-0.4, -0.2) is 58.7 Å². The molecule has 1 aliphatic rings. The standard InChI is InChI=1S/C18H25BN2O5/c1-3-16(22)21-11-7-10-18(2,13-21)26-17(23)20-15(19(24)25)12-14-8-5-4-6-9-14/h3-6,8-9,15,24-25H,1,7,10-13H2,2H3,(H,20,23)/t15-,18?/m0/s1. The Morgan fingerprint density at radius 2 is 2.12 bits per heavy atom. The summed E-state index contributed by atoms with van der Waals surface area (Å²) < 4.78 is 5.52. The Bertz CT molecular complexity index is 640. The predicted octanol–water partition coefficient (Wildman–Crippen LogP) is 0.903. The smallest absolute Gasteiger partial charge is 0.441 e. The number of hydrogen-bond acceptors (Lipinski definition) is 5. The Morgan fingerprint density at radius 1 is 1.42 bits per heavy atom. The molecule has 0 aromatic heterocycles. The van der Waals surface area contributed by atoms with Gasteiger partial charge >= 0.3 is 13.2 Å². The minimum atomic E-state index is -1.72. The molecule has 2 atom stereocenters. The lowest BCUT2D eigenvalue weighted by Crippen LogP contribution is -2.54. The minimum absolute atomic E-state index is 0.201. The van der Waals surface area contributed by atoms with Crippen LogP contribution in [-0.2, 0) is 16.0 Å². The molecule has 0 saturated carbocycles. The van der Waals surface area contributed by atoms with Crippen LogP contribution in [0.2, 0.25) is 0 Å².